The highest BCUT2D eigenvalue weighted by Crippen LogP contribution is 2.27. The summed E-state index contributed by atoms with van der Waals surface area (Å²) in [6.45, 7) is 1.94. The Labute approximate surface area is 111 Å². The molecule has 2 rings (SSSR count). The van der Waals surface area contributed by atoms with Gasteiger partial charge in [-0.1, -0.05) is 0 Å². The largest absolute Gasteiger partial charge is 0.398 e. The molecule has 0 atom stereocenters. The van der Waals surface area contributed by atoms with E-state index in [2.05, 4.69) is 15.3 Å². The SMILES string of the molecule is CNc1cc(-c2cc(C=N)c(N)cc2C)nc(N)n1. The third kappa shape index (κ3) is 2.47. The van der Waals surface area contributed by atoms with Gasteiger partial charge >= 0.3 is 0 Å². The summed E-state index contributed by atoms with van der Waals surface area (Å²) in [7, 11) is 1.77. The van der Waals surface area contributed by atoms with Crippen LogP contribution >= 0.6 is 0 Å². The summed E-state index contributed by atoms with van der Waals surface area (Å²) in [4.78, 5) is 8.28. The van der Waals surface area contributed by atoms with Crippen LogP contribution in [0.15, 0.2) is 18.2 Å². The van der Waals surface area contributed by atoms with Crippen LogP contribution in [0.4, 0.5) is 17.5 Å². The van der Waals surface area contributed by atoms with E-state index in [0.717, 1.165) is 11.1 Å². The topological polar surface area (TPSA) is 114 Å². The van der Waals surface area contributed by atoms with Gasteiger partial charge in [0.15, 0.2) is 0 Å². The van der Waals surface area contributed by atoms with Crippen molar-refractivity contribution in [1.82, 2.24) is 9.97 Å². The van der Waals surface area contributed by atoms with Crippen LogP contribution in [-0.4, -0.2) is 23.2 Å². The Morgan fingerprint density at radius 1 is 1.21 bits per heavy atom. The lowest BCUT2D eigenvalue weighted by molar-refractivity contribution is 1.17. The minimum absolute atomic E-state index is 0.203. The van der Waals surface area contributed by atoms with Crippen molar-refractivity contribution in [2.45, 2.75) is 6.92 Å². The van der Waals surface area contributed by atoms with Gasteiger partial charge in [-0.2, -0.15) is 4.98 Å². The maximum absolute atomic E-state index is 7.36. The molecule has 0 fully saturated rings. The Morgan fingerprint density at radius 3 is 2.58 bits per heavy atom. The van der Waals surface area contributed by atoms with Crippen molar-refractivity contribution in [2.24, 2.45) is 0 Å². The molecule has 2 aromatic rings. The Kier molecular flexibility index (Phi) is 3.33. The molecule has 98 valence electrons. The molecule has 0 amide bonds. The summed E-state index contributed by atoms with van der Waals surface area (Å²) < 4.78 is 0. The summed E-state index contributed by atoms with van der Waals surface area (Å²) in [6.07, 6.45) is 1.22. The highest BCUT2D eigenvalue weighted by Gasteiger charge is 2.09. The van der Waals surface area contributed by atoms with Gasteiger partial charge in [0.25, 0.3) is 0 Å². The summed E-state index contributed by atoms with van der Waals surface area (Å²) >= 11 is 0. The number of hydrogen-bond acceptors (Lipinski definition) is 6. The quantitative estimate of drug-likeness (QED) is 0.492. The first-order chi connectivity index (χ1) is 9.05. The first kappa shape index (κ1) is 12.8. The molecule has 0 radical (unpaired) electrons. The third-order valence-corrected chi connectivity index (χ3v) is 2.86. The van der Waals surface area contributed by atoms with Crippen molar-refractivity contribution in [3.8, 4) is 11.3 Å². The van der Waals surface area contributed by atoms with Gasteiger partial charge in [-0.25, -0.2) is 4.98 Å². The molecule has 6 nitrogen and oxygen atoms in total. The summed E-state index contributed by atoms with van der Waals surface area (Å²) in [5, 5.41) is 10.3. The first-order valence-corrected chi connectivity index (χ1v) is 5.78. The second-order valence-electron chi connectivity index (χ2n) is 4.19. The van der Waals surface area contributed by atoms with E-state index in [-0.39, 0.29) is 5.95 Å². The van der Waals surface area contributed by atoms with Crippen molar-refractivity contribution in [3.05, 3.63) is 29.3 Å². The fourth-order valence-corrected chi connectivity index (χ4v) is 1.88. The van der Waals surface area contributed by atoms with Gasteiger partial charge in [-0.3, -0.25) is 0 Å². The number of hydrogen-bond donors (Lipinski definition) is 4. The summed E-state index contributed by atoms with van der Waals surface area (Å²) in [5.41, 5.74) is 15.3. The number of benzene rings is 1. The van der Waals surface area contributed by atoms with Gasteiger partial charge in [-0.05, 0) is 24.6 Å². The molecule has 1 aromatic heterocycles. The van der Waals surface area contributed by atoms with Crippen LogP contribution in [-0.2, 0) is 0 Å². The van der Waals surface area contributed by atoms with Gasteiger partial charge in [0.1, 0.15) is 5.82 Å². The molecule has 0 unspecified atom stereocenters. The number of anilines is 3. The van der Waals surface area contributed by atoms with E-state index in [4.69, 9.17) is 16.9 Å². The van der Waals surface area contributed by atoms with Crippen molar-refractivity contribution >= 4 is 23.7 Å². The van der Waals surface area contributed by atoms with Gasteiger partial charge in [-0.15, -0.1) is 0 Å². The second kappa shape index (κ2) is 4.93. The number of nitrogen functional groups attached to an aromatic ring is 2. The summed E-state index contributed by atoms with van der Waals surface area (Å²) in [5.74, 6) is 0.851. The van der Waals surface area contributed by atoms with E-state index in [0.29, 0.717) is 22.8 Å². The maximum Gasteiger partial charge on any atom is 0.222 e. The standard InChI is InChI=1S/C13H16N6/c1-7-3-10(15)8(6-14)4-9(7)11-5-12(17-2)19-13(16)18-11/h3-6,14H,15H2,1-2H3,(H3,16,17,18,19). The van der Waals surface area contributed by atoms with E-state index < -0.39 is 0 Å². The van der Waals surface area contributed by atoms with Gasteiger partial charge in [0.05, 0.1) is 5.69 Å². The predicted molar refractivity (Wildman–Crippen MR) is 78.5 cm³/mol. The van der Waals surface area contributed by atoms with E-state index in [9.17, 15) is 0 Å². The van der Waals surface area contributed by atoms with Crippen LogP contribution in [0.25, 0.3) is 11.3 Å². The van der Waals surface area contributed by atoms with Crippen LogP contribution in [0.5, 0.6) is 0 Å². The fraction of sp³-hybridized carbons (Fsp3) is 0.154. The van der Waals surface area contributed by atoms with E-state index in [1.54, 1.807) is 7.05 Å². The Hall–Kier alpha value is -2.63. The third-order valence-electron chi connectivity index (χ3n) is 2.86. The van der Waals surface area contributed by atoms with E-state index >= 15 is 0 Å². The van der Waals surface area contributed by atoms with Crippen molar-refractivity contribution in [2.75, 3.05) is 23.8 Å². The molecule has 0 aliphatic rings. The Balaban J connectivity index is 2.64. The maximum atomic E-state index is 7.36. The lowest BCUT2D eigenvalue weighted by Gasteiger charge is -2.10. The number of rotatable bonds is 3. The molecule has 1 aromatic carbocycles. The second-order valence-corrected chi connectivity index (χ2v) is 4.19. The molecule has 0 saturated carbocycles. The predicted octanol–water partition coefficient (Wildman–Crippen LogP) is 1.66. The van der Waals surface area contributed by atoms with Crippen molar-refractivity contribution in [3.63, 3.8) is 0 Å². The molecule has 0 saturated heterocycles. The average Bonchev–Trinajstić information content (AvgIpc) is 2.38. The first-order valence-electron chi connectivity index (χ1n) is 5.78. The van der Waals surface area contributed by atoms with Gasteiger partial charge in [0, 0.05) is 36.1 Å². The minimum Gasteiger partial charge on any atom is -0.398 e. The van der Waals surface area contributed by atoms with E-state index in [1.165, 1.54) is 6.21 Å². The molecule has 0 aliphatic carbocycles. The zero-order chi connectivity index (χ0) is 14.0. The molecule has 0 spiro atoms. The van der Waals surface area contributed by atoms with Crippen molar-refractivity contribution < 1.29 is 0 Å². The lowest BCUT2D eigenvalue weighted by Crippen LogP contribution is -2.02. The fourth-order valence-electron chi connectivity index (χ4n) is 1.88. The monoisotopic (exact) mass is 256 g/mol. The van der Waals surface area contributed by atoms with E-state index in [1.807, 2.05) is 25.1 Å². The van der Waals surface area contributed by atoms with Crippen molar-refractivity contribution in [1.29, 1.82) is 5.41 Å². The van der Waals surface area contributed by atoms with Crippen LogP contribution in [0, 0.1) is 12.3 Å². The minimum atomic E-state index is 0.203. The molecular formula is C13H16N6. The molecule has 19 heavy (non-hydrogen) atoms. The van der Waals surface area contributed by atoms with Crippen LogP contribution in [0.1, 0.15) is 11.1 Å². The lowest BCUT2D eigenvalue weighted by atomic mass is 10.0. The molecule has 0 bridgehead atoms. The number of aryl methyl sites for hydroxylation is 1. The normalized spacial score (nSPS) is 10.2. The highest BCUT2D eigenvalue weighted by atomic mass is 15.1. The Morgan fingerprint density at radius 2 is 1.95 bits per heavy atom. The molecule has 1 heterocycles. The number of nitrogens with zero attached hydrogens (tertiary/aromatic N) is 2. The van der Waals surface area contributed by atoms with Gasteiger partial charge < -0.3 is 22.2 Å². The number of nitrogens with one attached hydrogen (secondary N) is 2. The average molecular weight is 256 g/mol. The zero-order valence-electron chi connectivity index (χ0n) is 10.9. The summed E-state index contributed by atoms with van der Waals surface area (Å²) in [6, 6.07) is 5.47. The van der Waals surface area contributed by atoms with Crippen LogP contribution in [0.2, 0.25) is 0 Å². The molecule has 6 N–H and O–H groups in total. The highest BCUT2D eigenvalue weighted by molar-refractivity contribution is 5.88. The zero-order valence-corrected chi connectivity index (χ0v) is 10.9. The number of nitrogens with two attached hydrogens (primary N) is 2. The van der Waals surface area contributed by atoms with Crippen LogP contribution < -0.4 is 16.8 Å². The smallest absolute Gasteiger partial charge is 0.222 e. The van der Waals surface area contributed by atoms with Gasteiger partial charge in [0.2, 0.25) is 5.95 Å². The Bertz CT molecular complexity index is 635. The number of aromatic nitrogens is 2. The molecule has 0 aliphatic heterocycles. The molecule has 6 heteroatoms. The van der Waals surface area contributed by atoms with Crippen LogP contribution in [0.3, 0.4) is 0 Å². The molecular weight excluding hydrogens is 240 g/mol.